The predicted molar refractivity (Wildman–Crippen MR) is 50.4 cm³/mol. The lowest BCUT2D eigenvalue weighted by Crippen LogP contribution is -1.99. The fraction of sp³-hybridized carbons (Fsp3) is 0.333. The van der Waals surface area contributed by atoms with Crippen molar-refractivity contribution < 1.29 is 0 Å². The summed E-state index contributed by atoms with van der Waals surface area (Å²) >= 11 is 0. The molecule has 2 heterocycles. The Balaban J connectivity index is 2.75. The van der Waals surface area contributed by atoms with Gasteiger partial charge in [0.25, 0.3) is 0 Å². The second-order valence-corrected chi connectivity index (χ2v) is 3.15. The van der Waals surface area contributed by atoms with Crippen LogP contribution in [0.25, 0.3) is 5.65 Å². The number of rotatable bonds is 1. The normalized spacial score (nSPS) is 11.0. The zero-order valence-electron chi connectivity index (χ0n) is 7.78. The van der Waals surface area contributed by atoms with Crippen molar-refractivity contribution in [3.8, 4) is 0 Å². The SMILES string of the molecule is Cc1cc(C)n2nc(CN)cc2n1. The van der Waals surface area contributed by atoms with Gasteiger partial charge in [0.05, 0.1) is 5.69 Å². The molecule has 2 N–H and O–H groups in total. The van der Waals surface area contributed by atoms with Crippen LogP contribution in [0.3, 0.4) is 0 Å². The summed E-state index contributed by atoms with van der Waals surface area (Å²) in [4.78, 5) is 4.35. The molecule has 0 bridgehead atoms. The Morgan fingerprint density at radius 3 is 2.85 bits per heavy atom. The maximum absolute atomic E-state index is 5.50. The van der Waals surface area contributed by atoms with Crippen LogP contribution in [0, 0.1) is 13.8 Å². The zero-order chi connectivity index (χ0) is 9.42. The van der Waals surface area contributed by atoms with Crippen molar-refractivity contribution in [3.05, 3.63) is 29.2 Å². The molecule has 0 aromatic carbocycles. The molecule has 0 aliphatic carbocycles. The van der Waals surface area contributed by atoms with E-state index in [1.165, 1.54) is 0 Å². The lowest BCUT2D eigenvalue weighted by atomic mass is 10.3. The predicted octanol–water partition coefficient (Wildman–Crippen LogP) is 0.805. The van der Waals surface area contributed by atoms with Crippen LogP contribution < -0.4 is 5.73 Å². The van der Waals surface area contributed by atoms with Crippen molar-refractivity contribution in [1.29, 1.82) is 0 Å². The minimum atomic E-state index is 0.460. The molecule has 0 aliphatic heterocycles. The van der Waals surface area contributed by atoms with Gasteiger partial charge in [0, 0.05) is 24.0 Å². The monoisotopic (exact) mass is 176 g/mol. The highest BCUT2D eigenvalue weighted by Crippen LogP contribution is 2.07. The summed E-state index contributed by atoms with van der Waals surface area (Å²) in [5.74, 6) is 0. The lowest BCUT2D eigenvalue weighted by molar-refractivity contribution is 0.842. The molecule has 0 spiro atoms. The number of aromatic nitrogens is 3. The number of hydrogen-bond acceptors (Lipinski definition) is 3. The third-order valence-electron chi connectivity index (χ3n) is 1.99. The second kappa shape index (κ2) is 2.81. The number of nitrogens with two attached hydrogens (primary N) is 1. The van der Waals surface area contributed by atoms with Crippen LogP contribution in [0.5, 0.6) is 0 Å². The van der Waals surface area contributed by atoms with E-state index in [4.69, 9.17) is 5.73 Å². The zero-order valence-corrected chi connectivity index (χ0v) is 7.78. The van der Waals surface area contributed by atoms with Crippen LogP contribution in [0.4, 0.5) is 0 Å². The van der Waals surface area contributed by atoms with Crippen LogP contribution >= 0.6 is 0 Å². The molecule has 0 saturated heterocycles. The molecule has 2 aromatic heterocycles. The molecule has 4 nitrogen and oxygen atoms in total. The van der Waals surface area contributed by atoms with E-state index in [1.807, 2.05) is 30.5 Å². The van der Waals surface area contributed by atoms with Crippen molar-refractivity contribution in [2.75, 3.05) is 0 Å². The molecule has 0 radical (unpaired) electrons. The first-order valence-corrected chi connectivity index (χ1v) is 4.23. The van der Waals surface area contributed by atoms with Crippen LogP contribution in [0.15, 0.2) is 12.1 Å². The first kappa shape index (κ1) is 8.19. The van der Waals surface area contributed by atoms with E-state index >= 15 is 0 Å². The summed E-state index contributed by atoms with van der Waals surface area (Å²) < 4.78 is 1.81. The van der Waals surface area contributed by atoms with E-state index in [2.05, 4.69) is 10.1 Å². The summed E-state index contributed by atoms with van der Waals surface area (Å²) in [6.45, 7) is 4.44. The minimum Gasteiger partial charge on any atom is -0.325 e. The van der Waals surface area contributed by atoms with Gasteiger partial charge in [0.2, 0.25) is 0 Å². The van der Waals surface area contributed by atoms with Crippen LogP contribution in [0.2, 0.25) is 0 Å². The Labute approximate surface area is 76.4 Å². The fourth-order valence-corrected chi connectivity index (χ4v) is 1.43. The van der Waals surface area contributed by atoms with Crippen molar-refractivity contribution in [2.24, 2.45) is 5.73 Å². The van der Waals surface area contributed by atoms with Gasteiger partial charge in [0.15, 0.2) is 5.65 Å². The molecule has 2 rings (SSSR count). The summed E-state index contributed by atoms with van der Waals surface area (Å²) in [7, 11) is 0. The van der Waals surface area contributed by atoms with E-state index in [1.54, 1.807) is 0 Å². The van der Waals surface area contributed by atoms with Gasteiger partial charge in [-0.05, 0) is 19.9 Å². The van der Waals surface area contributed by atoms with E-state index in [-0.39, 0.29) is 0 Å². The average molecular weight is 176 g/mol. The Bertz CT molecular complexity index is 444. The van der Waals surface area contributed by atoms with Crippen molar-refractivity contribution in [2.45, 2.75) is 20.4 Å². The average Bonchev–Trinajstić information content (AvgIpc) is 2.47. The fourth-order valence-electron chi connectivity index (χ4n) is 1.43. The Morgan fingerprint density at radius 1 is 1.38 bits per heavy atom. The smallest absolute Gasteiger partial charge is 0.155 e. The maximum Gasteiger partial charge on any atom is 0.155 e. The molecule has 0 fully saturated rings. The van der Waals surface area contributed by atoms with E-state index in [0.29, 0.717) is 6.54 Å². The number of hydrogen-bond donors (Lipinski definition) is 1. The van der Waals surface area contributed by atoms with Gasteiger partial charge in [-0.2, -0.15) is 5.10 Å². The van der Waals surface area contributed by atoms with Gasteiger partial charge in [-0.1, -0.05) is 0 Å². The van der Waals surface area contributed by atoms with Gasteiger partial charge in [-0.15, -0.1) is 0 Å². The van der Waals surface area contributed by atoms with Crippen LogP contribution in [-0.4, -0.2) is 14.6 Å². The quantitative estimate of drug-likeness (QED) is 0.699. The van der Waals surface area contributed by atoms with Crippen LogP contribution in [-0.2, 0) is 6.54 Å². The minimum absolute atomic E-state index is 0.460. The van der Waals surface area contributed by atoms with Gasteiger partial charge in [-0.3, -0.25) is 0 Å². The molecule has 0 saturated carbocycles. The summed E-state index contributed by atoms with van der Waals surface area (Å²) in [6.07, 6.45) is 0. The van der Waals surface area contributed by atoms with Crippen LogP contribution in [0.1, 0.15) is 17.1 Å². The van der Waals surface area contributed by atoms with Crippen molar-refractivity contribution in [3.63, 3.8) is 0 Å². The molecule has 4 heteroatoms. The molecule has 13 heavy (non-hydrogen) atoms. The number of aryl methyl sites for hydroxylation is 2. The molecule has 0 amide bonds. The standard InChI is InChI=1S/C9H12N4/c1-6-3-7(2)13-9(11-6)4-8(5-10)12-13/h3-4H,5,10H2,1-2H3. The summed E-state index contributed by atoms with van der Waals surface area (Å²) in [5.41, 5.74) is 9.34. The number of fused-ring (bicyclic) bond motifs is 1. The lowest BCUT2D eigenvalue weighted by Gasteiger charge is -1.98. The highest BCUT2D eigenvalue weighted by atomic mass is 15.3. The van der Waals surface area contributed by atoms with E-state index in [0.717, 1.165) is 22.7 Å². The largest absolute Gasteiger partial charge is 0.325 e. The van der Waals surface area contributed by atoms with Gasteiger partial charge in [-0.25, -0.2) is 9.50 Å². The third kappa shape index (κ3) is 1.29. The van der Waals surface area contributed by atoms with Gasteiger partial charge < -0.3 is 5.73 Å². The second-order valence-electron chi connectivity index (χ2n) is 3.15. The van der Waals surface area contributed by atoms with E-state index in [9.17, 15) is 0 Å². The van der Waals surface area contributed by atoms with Crippen molar-refractivity contribution in [1.82, 2.24) is 14.6 Å². The highest BCUT2D eigenvalue weighted by Gasteiger charge is 2.03. The van der Waals surface area contributed by atoms with Crippen molar-refractivity contribution >= 4 is 5.65 Å². The maximum atomic E-state index is 5.50. The summed E-state index contributed by atoms with van der Waals surface area (Å²) in [6, 6.07) is 3.92. The van der Waals surface area contributed by atoms with E-state index < -0.39 is 0 Å². The molecule has 68 valence electrons. The van der Waals surface area contributed by atoms with Gasteiger partial charge >= 0.3 is 0 Å². The first-order valence-electron chi connectivity index (χ1n) is 4.23. The number of nitrogens with zero attached hydrogens (tertiary/aromatic N) is 3. The Morgan fingerprint density at radius 2 is 2.15 bits per heavy atom. The molecular weight excluding hydrogens is 164 g/mol. The van der Waals surface area contributed by atoms with Gasteiger partial charge in [0.1, 0.15) is 0 Å². The summed E-state index contributed by atoms with van der Waals surface area (Å²) in [5, 5.41) is 4.30. The first-order chi connectivity index (χ1) is 6.20. The molecular formula is C9H12N4. The highest BCUT2D eigenvalue weighted by molar-refractivity contribution is 5.41. The molecule has 0 unspecified atom stereocenters. The molecule has 2 aromatic rings. The Hall–Kier alpha value is -1.42. The molecule has 0 atom stereocenters. The Kier molecular flexibility index (Phi) is 1.77. The third-order valence-corrected chi connectivity index (χ3v) is 1.99. The topological polar surface area (TPSA) is 56.2 Å². The molecule has 0 aliphatic rings.